The van der Waals surface area contributed by atoms with E-state index < -0.39 is 0 Å². The fourth-order valence-electron chi connectivity index (χ4n) is 4.75. The molecule has 0 saturated carbocycles. The first kappa shape index (κ1) is 25.1. The van der Waals surface area contributed by atoms with E-state index >= 15 is 0 Å². The minimum Gasteiger partial charge on any atom is -0.497 e. The Kier molecular flexibility index (Phi) is 8.67. The Morgan fingerprint density at radius 1 is 0.971 bits per heavy atom. The van der Waals surface area contributed by atoms with Crippen LogP contribution in [0.2, 0.25) is 5.02 Å². The number of nitrogens with zero attached hydrogens (tertiary/aromatic N) is 1. The van der Waals surface area contributed by atoms with Gasteiger partial charge < -0.3 is 19.7 Å². The van der Waals surface area contributed by atoms with E-state index in [1.807, 2.05) is 23.1 Å². The highest BCUT2D eigenvalue weighted by molar-refractivity contribution is 6.30. The summed E-state index contributed by atoms with van der Waals surface area (Å²) in [5.41, 5.74) is 3.09. The van der Waals surface area contributed by atoms with Crippen LogP contribution in [0.3, 0.4) is 0 Å². The van der Waals surface area contributed by atoms with E-state index in [0.29, 0.717) is 29.6 Å². The maximum atomic E-state index is 13.7. The van der Waals surface area contributed by atoms with Gasteiger partial charge in [-0.05, 0) is 67.6 Å². The summed E-state index contributed by atoms with van der Waals surface area (Å²) in [7, 11) is 3.20. The van der Waals surface area contributed by atoms with Gasteiger partial charge in [-0.2, -0.15) is 0 Å². The second-order valence-corrected chi connectivity index (χ2v) is 9.43. The lowest BCUT2D eigenvalue weighted by atomic mass is 9.91. The average molecular weight is 493 g/mol. The van der Waals surface area contributed by atoms with Gasteiger partial charge in [0.2, 0.25) is 0 Å². The monoisotopic (exact) mass is 492 g/mol. The Balaban J connectivity index is 1.46. The molecule has 2 atom stereocenters. The largest absolute Gasteiger partial charge is 0.497 e. The van der Waals surface area contributed by atoms with Gasteiger partial charge in [-0.25, -0.2) is 0 Å². The summed E-state index contributed by atoms with van der Waals surface area (Å²) in [6, 6.07) is 24.3. The second kappa shape index (κ2) is 12.1. The first-order valence-corrected chi connectivity index (χ1v) is 12.5. The number of carbonyl (C=O) groups excluding carboxylic acids is 1. The van der Waals surface area contributed by atoms with Gasteiger partial charge >= 0.3 is 0 Å². The highest BCUT2D eigenvalue weighted by Gasteiger charge is 2.32. The minimum absolute atomic E-state index is 0.0164. The Bertz CT molecular complexity index is 1080. The Morgan fingerprint density at radius 3 is 2.31 bits per heavy atom. The van der Waals surface area contributed by atoms with Crippen LogP contribution in [0.1, 0.15) is 34.3 Å². The van der Waals surface area contributed by atoms with Gasteiger partial charge in [0.05, 0.1) is 14.2 Å². The molecule has 1 amide bonds. The van der Waals surface area contributed by atoms with E-state index in [4.69, 9.17) is 21.1 Å². The molecule has 0 bridgehead atoms. The number of hydrogen-bond donors (Lipinski definition) is 1. The smallest absolute Gasteiger partial charge is 0.254 e. The summed E-state index contributed by atoms with van der Waals surface area (Å²) in [6.45, 7) is 1.60. The maximum absolute atomic E-state index is 13.7. The van der Waals surface area contributed by atoms with Crippen LogP contribution in [0, 0.1) is 0 Å². The van der Waals surface area contributed by atoms with Crippen molar-refractivity contribution in [2.24, 2.45) is 0 Å². The minimum atomic E-state index is 0.0164. The number of piperidine rings is 1. The third kappa shape index (κ3) is 6.77. The summed E-state index contributed by atoms with van der Waals surface area (Å²) in [6.07, 6.45) is 3.59. The van der Waals surface area contributed by atoms with Gasteiger partial charge in [0.1, 0.15) is 11.5 Å². The van der Waals surface area contributed by atoms with Gasteiger partial charge in [-0.1, -0.05) is 54.1 Å². The number of likely N-dealkylation sites (tertiary alicyclic amines) is 1. The zero-order chi connectivity index (χ0) is 24.6. The molecule has 4 rings (SSSR count). The third-order valence-corrected chi connectivity index (χ3v) is 6.90. The van der Waals surface area contributed by atoms with Gasteiger partial charge in [-0.15, -0.1) is 0 Å². The molecule has 3 aromatic rings. The van der Waals surface area contributed by atoms with Crippen molar-refractivity contribution in [1.29, 1.82) is 0 Å². The molecule has 0 unspecified atom stereocenters. The number of hydrogen-bond acceptors (Lipinski definition) is 4. The lowest BCUT2D eigenvalue weighted by Crippen LogP contribution is -2.52. The number of ether oxygens (including phenoxy) is 2. The number of rotatable bonds is 9. The number of carbonyl (C=O) groups is 1. The molecule has 0 spiro atoms. The van der Waals surface area contributed by atoms with Crippen molar-refractivity contribution >= 4 is 17.5 Å². The fraction of sp³-hybridized carbons (Fsp3) is 0.345. The number of benzene rings is 3. The molecule has 0 aromatic heterocycles. The van der Waals surface area contributed by atoms with Crippen molar-refractivity contribution < 1.29 is 14.3 Å². The van der Waals surface area contributed by atoms with Crippen molar-refractivity contribution in [3.05, 3.63) is 94.5 Å². The first-order valence-electron chi connectivity index (χ1n) is 12.1. The number of nitrogens with one attached hydrogen (secondary N) is 1. The Labute approximate surface area is 213 Å². The molecule has 0 aliphatic carbocycles. The van der Waals surface area contributed by atoms with Crippen LogP contribution < -0.4 is 14.8 Å². The van der Waals surface area contributed by atoms with E-state index in [2.05, 4.69) is 41.7 Å². The van der Waals surface area contributed by atoms with E-state index in [1.165, 1.54) is 11.1 Å². The van der Waals surface area contributed by atoms with Gasteiger partial charge in [0.15, 0.2) is 0 Å². The summed E-state index contributed by atoms with van der Waals surface area (Å²) in [5.74, 6) is 1.25. The molecule has 6 heteroatoms. The Morgan fingerprint density at radius 2 is 1.66 bits per heavy atom. The highest BCUT2D eigenvalue weighted by atomic mass is 35.5. The molecule has 1 aliphatic heterocycles. The summed E-state index contributed by atoms with van der Waals surface area (Å²) < 4.78 is 10.8. The molecule has 5 nitrogen and oxygen atoms in total. The molecule has 184 valence electrons. The third-order valence-electron chi connectivity index (χ3n) is 6.65. The van der Waals surface area contributed by atoms with Crippen LogP contribution in [0.25, 0.3) is 0 Å². The van der Waals surface area contributed by atoms with Crippen LogP contribution in [0.5, 0.6) is 11.5 Å². The zero-order valence-electron chi connectivity index (χ0n) is 20.4. The normalized spacial score (nSPS) is 17.7. The molecular formula is C29H33ClN2O3. The Hall–Kier alpha value is -3.02. The molecule has 1 fully saturated rings. The molecule has 1 N–H and O–H groups in total. The highest BCUT2D eigenvalue weighted by Crippen LogP contribution is 2.27. The van der Waals surface area contributed by atoms with Crippen molar-refractivity contribution in [3.63, 3.8) is 0 Å². The van der Waals surface area contributed by atoms with E-state index in [-0.39, 0.29) is 11.9 Å². The van der Waals surface area contributed by atoms with Gasteiger partial charge in [0.25, 0.3) is 5.91 Å². The molecular weight excluding hydrogens is 460 g/mol. The number of halogens is 1. The molecule has 3 aromatic carbocycles. The zero-order valence-corrected chi connectivity index (χ0v) is 21.1. The second-order valence-electron chi connectivity index (χ2n) is 9.00. The lowest BCUT2D eigenvalue weighted by Gasteiger charge is -2.40. The first-order chi connectivity index (χ1) is 17.1. The van der Waals surface area contributed by atoms with E-state index in [1.54, 1.807) is 32.4 Å². The van der Waals surface area contributed by atoms with Gasteiger partial charge in [0, 0.05) is 35.3 Å². The SMILES string of the molecule is COc1cc(OC)cc(C(=O)N2CC[C@H](NCCc3ccc(Cl)cc3)C[C@H]2Cc2ccccc2)c1. The molecule has 1 aliphatic rings. The molecule has 35 heavy (non-hydrogen) atoms. The van der Waals surface area contributed by atoms with Crippen LogP contribution in [-0.2, 0) is 12.8 Å². The molecule has 0 radical (unpaired) electrons. The van der Waals surface area contributed by atoms with Crippen LogP contribution in [-0.4, -0.2) is 50.2 Å². The van der Waals surface area contributed by atoms with E-state index in [9.17, 15) is 4.79 Å². The topological polar surface area (TPSA) is 50.8 Å². The summed E-state index contributed by atoms with van der Waals surface area (Å²) >= 11 is 6.01. The van der Waals surface area contributed by atoms with Gasteiger partial charge in [-0.3, -0.25) is 4.79 Å². The predicted molar refractivity (Wildman–Crippen MR) is 141 cm³/mol. The van der Waals surface area contributed by atoms with Crippen molar-refractivity contribution in [2.75, 3.05) is 27.3 Å². The molecule has 1 heterocycles. The van der Waals surface area contributed by atoms with E-state index in [0.717, 1.165) is 37.3 Å². The van der Waals surface area contributed by atoms with Crippen molar-refractivity contribution in [2.45, 2.75) is 37.8 Å². The van der Waals surface area contributed by atoms with Crippen molar-refractivity contribution in [1.82, 2.24) is 10.2 Å². The summed E-state index contributed by atoms with van der Waals surface area (Å²) in [4.78, 5) is 15.7. The lowest BCUT2D eigenvalue weighted by molar-refractivity contribution is 0.0577. The van der Waals surface area contributed by atoms with Crippen LogP contribution >= 0.6 is 11.6 Å². The fourth-order valence-corrected chi connectivity index (χ4v) is 4.88. The predicted octanol–water partition coefficient (Wildman–Crippen LogP) is 5.41. The number of amides is 1. The maximum Gasteiger partial charge on any atom is 0.254 e. The van der Waals surface area contributed by atoms with Crippen molar-refractivity contribution in [3.8, 4) is 11.5 Å². The average Bonchev–Trinajstić information content (AvgIpc) is 2.90. The van der Waals surface area contributed by atoms with Crippen LogP contribution in [0.15, 0.2) is 72.8 Å². The summed E-state index contributed by atoms with van der Waals surface area (Å²) in [5, 5.41) is 4.49. The molecule has 1 saturated heterocycles. The quantitative estimate of drug-likeness (QED) is 0.434. The number of methoxy groups -OCH3 is 2. The van der Waals surface area contributed by atoms with Crippen LogP contribution in [0.4, 0.5) is 0 Å². The standard InChI is InChI=1S/C29H33ClN2O3/c1-34-27-17-23(18-28(20-27)35-2)29(33)32-15-13-25(19-26(32)16-22-6-4-3-5-7-22)31-14-12-21-8-10-24(30)11-9-21/h3-11,17-18,20,25-26,31H,12-16,19H2,1-2H3/t25-,26+/m0/s1.